The van der Waals surface area contributed by atoms with Gasteiger partial charge in [-0.05, 0) is 56.7 Å². The van der Waals surface area contributed by atoms with Gasteiger partial charge in [0.25, 0.3) is 0 Å². The van der Waals surface area contributed by atoms with Crippen LogP contribution >= 0.6 is 0 Å². The van der Waals surface area contributed by atoms with Crippen LogP contribution in [0.3, 0.4) is 0 Å². The lowest BCUT2D eigenvalue weighted by atomic mass is 9.93. The molecule has 1 unspecified atom stereocenters. The van der Waals surface area contributed by atoms with Gasteiger partial charge in [0.05, 0.1) is 11.5 Å². The summed E-state index contributed by atoms with van der Waals surface area (Å²) >= 11 is 0. The number of aromatic nitrogens is 1. The summed E-state index contributed by atoms with van der Waals surface area (Å²) in [6, 6.07) is 4.32. The first-order valence-electron chi connectivity index (χ1n) is 10.5. The molecule has 1 aromatic heterocycles. The van der Waals surface area contributed by atoms with Gasteiger partial charge in [0, 0.05) is 44.6 Å². The van der Waals surface area contributed by atoms with Crippen LogP contribution in [0.25, 0.3) is 0 Å². The lowest BCUT2D eigenvalue weighted by Crippen LogP contribution is -2.54. The van der Waals surface area contributed by atoms with Crippen LogP contribution in [-0.2, 0) is 16.1 Å². The molecule has 0 spiro atoms. The van der Waals surface area contributed by atoms with E-state index in [0.717, 1.165) is 70.3 Å². The predicted octanol–water partition coefficient (Wildman–Crippen LogP) is 0.892. The molecule has 152 valence electrons. The summed E-state index contributed by atoms with van der Waals surface area (Å²) in [5.41, 5.74) is 6.53. The number of rotatable bonds is 5. The number of hydrogen-bond acceptors (Lipinski definition) is 5. The fraction of sp³-hybridized carbons (Fsp3) is 0.667. The Morgan fingerprint density at radius 2 is 2.00 bits per heavy atom. The van der Waals surface area contributed by atoms with Gasteiger partial charge in [-0.15, -0.1) is 0 Å². The van der Waals surface area contributed by atoms with Gasteiger partial charge in [0.15, 0.2) is 0 Å². The highest BCUT2D eigenvalue weighted by molar-refractivity contribution is 5.89. The maximum absolute atomic E-state index is 12.6. The molecule has 7 heteroatoms. The molecule has 1 aliphatic carbocycles. The molecule has 3 aliphatic rings. The largest absolute Gasteiger partial charge is 0.352 e. The Hall–Kier alpha value is -1.99. The Balaban J connectivity index is 1.25. The summed E-state index contributed by atoms with van der Waals surface area (Å²) in [6.07, 6.45) is 9.13. The minimum absolute atomic E-state index is 0.0452. The van der Waals surface area contributed by atoms with E-state index < -0.39 is 5.54 Å². The van der Waals surface area contributed by atoms with Gasteiger partial charge < -0.3 is 16.0 Å². The molecular weight excluding hydrogens is 354 g/mol. The van der Waals surface area contributed by atoms with E-state index in [1.807, 2.05) is 17.0 Å². The molecule has 1 saturated carbocycles. The van der Waals surface area contributed by atoms with Gasteiger partial charge in [-0.2, -0.15) is 0 Å². The fourth-order valence-electron chi connectivity index (χ4n) is 4.49. The minimum Gasteiger partial charge on any atom is -0.352 e. The summed E-state index contributed by atoms with van der Waals surface area (Å²) < 4.78 is 0. The maximum atomic E-state index is 12.6. The zero-order valence-electron chi connectivity index (χ0n) is 16.5. The lowest BCUT2D eigenvalue weighted by Gasteiger charge is -2.42. The highest BCUT2D eigenvalue weighted by atomic mass is 16.2. The molecule has 1 atom stereocenters. The van der Waals surface area contributed by atoms with Crippen molar-refractivity contribution >= 4 is 11.8 Å². The fourth-order valence-corrected chi connectivity index (χ4v) is 4.49. The SMILES string of the molecule is NC1(C(=O)N2CCC(N3CCCC(C(=O)NCc4cccnc4)C3)CC2)CC1. The Morgan fingerprint density at radius 3 is 2.68 bits per heavy atom. The van der Waals surface area contributed by atoms with Crippen molar-refractivity contribution in [2.75, 3.05) is 26.2 Å². The topological polar surface area (TPSA) is 91.6 Å². The van der Waals surface area contributed by atoms with Gasteiger partial charge in [0.2, 0.25) is 11.8 Å². The molecule has 0 radical (unpaired) electrons. The van der Waals surface area contributed by atoms with E-state index in [0.29, 0.717) is 12.6 Å². The van der Waals surface area contributed by atoms with Gasteiger partial charge in [0.1, 0.15) is 0 Å². The van der Waals surface area contributed by atoms with Crippen LogP contribution in [0.2, 0.25) is 0 Å². The zero-order chi connectivity index (χ0) is 19.6. The van der Waals surface area contributed by atoms with Crippen molar-refractivity contribution in [1.82, 2.24) is 20.1 Å². The normalized spacial score (nSPS) is 25.3. The second-order valence-electron chi connectivity index (χ2n) is 8.59. The first-order chi connectivity index (χ1) is 13.5. The Kier molecular flexibility index (Phi) is 5.64. The molecule has 28 heavy (non-hydrogen) atoms. The molecule has 4 rings (SSSR count). The standard InChI is InChI=1S/C21H31N5O2/c22-21(7-8-21)20(28)25-11-5-18(6-12-25)26-10-2-4-17(15-26)19(27)24-14-16-3-1-9-23-13-16/h1,3,9,13,17-18H,2,4-8,10-12,14-15,22H2,(H,24,27). The van der Waals surface area contributed by atoms with Crippen molar-refractivity contribution in [3.8, 4) is 0 Å². The van der Waals surface area contributed by atoms with Crippen LogP contribution in [0.5, 0.6) is 0 Å². The average Bonchev–Trinajstić information content (AvgIpc) is 3.51. The van der Waals surface area contributed by atoms with Crippen molar-refractivity contribution < 1.29 is 9.59 Å². The summed E-state index contributed by atoms with van der Waals surface area (Å²) in [7, 11) is 0. The second kappa shape index (κ2) is 8.17. The summed E-state index contributed by atoms with van der Waals surface area (Å²) in [5, 5.41) is 3.07. The molecule has 0 aromatic carbocycles. The summed E-state index contributed by atoms with van der Waals surface area (Å²) in [4.78, 5) is 33.6. The number of amides is 2. The first-order valence-corrected chi connectivity index (χ1v) is 10.5. The molecule has 2 aliphatic heterocycles. The molecule has 2 saturated heterocycles. The van der Waals surface area contributed by atoms with E-state index in [9.17, 15) is 9.59 Å². The van der Waals surface area contributed by atoms with Crippen LogP contribution < -0.4 is 11.1 Å². The van der Waals surface area contributed by atoms with Gasteiger partial charge in [-0.25, -0.2) is 0 Å². The van der Waals surface area contributed by atoms with Crippen LogP contribution in [0.15, 0.2) is 24.5 Å². The number of carbonyl (C=O) groups is 2. The van der Waals surface area contributed by atoms with Gasteiger partial charge in [-0.3, -0.25) is 19.5 Å². The maximum Gasteiger partial charge on any atom is 0.242 e. The predicted molar refractivity (Wildman–Crippen MR) is 106 cm³/mol. The Bertz CT molecular complexity index is 698. The molecule has 7 nitrogen and oxygen atoms in total. The quantitative estimate of drug-likeness (QED) is 0.786. The third-order valence-corrected chi connectivity index (χ3v) is 6.50. The van der Waals surface area contributed by atoms with Crippen molar-refractivity contribution in [2.24, 2.45) is 11.7 Å². The van der Waals surface area contributed by atoms with E-state index in [2.05, 4.69) is 15.2 Å². The van der Waals surface area contributed by atoms with Crippen LogP contribution in [0, 0.1) is 5.92 Å². The van der Waals surface area contributed by atoms with E-state index >= 15 is 0 Å². The van der Waals surface area contributed by atoms with Crippen LogP contribution in [0.1, 0.15) is 44.1 Å². The van der Waals surface area contributed by atoms with Gasteiger partial charge in [-0.1, -0.05) is 6.07 Å². The van der Waals surface area contributed by atoms with E-state index in [1.165, 1.54) is 0 Å². The number of nitrogens with two attached hydrogens (primary N) is 1. The molecule has 0 bridgehead atoms. The van der Waals surface area contributed by atoms with E-state index in [-0.39, 0.29) is 17.7 Å². The van der Waals surface area contributed by atoms with Crippen LogP contribution in [-0.4, -0.2) is 64.4 Å². The molecule has 1 aromatic rings. The number of hydrogen-bond donors (Lipinski definition) is 2. The third-order valence-electron chi connectivity index (χ3n) is 6.50. The summed E-state index contributed by atoms with van der Waals surface area (Å²) in [6.45, 7) is 3.97. The molecule has 3 fully saturated rings. The number of nitrogens with one attached hydrogen (secondary N) is 1. The van der Waals surface area contributed by atoms with Crippen molar-refractivity contribution in [2.45, 2.75) is 56.7 Å². The highest BCUT2D eigenvalue weighted by Crippen LogP contribution is 2.35. The van der Waals surface area contributed by atoms with Crippen molar-refractivity contribution in [3.05, 3.63) is 30.1 Å². The van der Waals surface area contributed by atoms with E-state index in [1.54, 1.807) is 12.4 Å². The molecule has 3 heterocycles. The molecule has 2 amide bonds. The summed E-state index contributed by atoms with van der Waals surface area (Å²) in [5.74, 6) is 0.320. The van der Waals surface area contributed by atoms with Crippen molar-refractivity contribution in [1.29, 1.82) is 0 Å². The van der Waals surface area contributed by atoms with Crippen LogP contribution in [0.4, 0.5) is 0 Å². The minimum atomic E-state index is -0.560. The number of pyridine rings is 1. The molecular formula is C21H31N5O2. The number of carbonyl (C=O) groups excluding carboxylic acids is 2. The second-order valence-corrected chi connectivity index (χ2v) is 8.59. The number of likely N-dealkylation sites (tertiary alicyclic amines) is 2. The third kappa shape index (κ3) is 4.36. The Morgan fingerprint density at radius 1 is 1.21 bits per heavy atom. The smallest absolute Gasteiger partial charge is 0.242 e. The monoisotopic (exact) mass is 385 g/mol. The number of nitrogens with zero attached hydrogens (tertiary/aromatic N) is 3. The lowest BCUT2D eigenvalue weighted by molar-refractivity contribution is -0.135. The Labute approximate surface area is 166 Å². The van der Waals surface area contributed by atoms with E-state index in [4.69, 9.17) is 5.73 Å². The highest BCUT2D eigenvalue weighted by Gasteiger charge is 2.48. The van der Waals surface area contributed by atoms with Gasteiger partial charge >= 0.3 is 0 Å². The average molecular weight is 386 g/mol. The zero-order valence-corrected chi connectivity index (χ0v) is 16.5. The number of piperidine rings is 2. The van der Waals surface area contributed by atoms with Crippen molar-refractivity contribution in [3.63, 3.8) is 0 Å². The molecule has 3 N–H and O–H groups in total. The first kappa shape index (κ1) is 19.3.